The average molecular weight is 228 g/mol. The van der Waals surface area contributed by atoms with Gasteiger partial charge in [-0.3, -0.25) is 0 Å². The Morgan fingerprint density at radius 3 is 1.75 bits per heavy atom. The highest BCUT2D eigenvalue weighted by atomic mass is 16.7. The van der Waals surface area contributed by atoms with E-state index >= 15 is 0 Å². The smallest absolute Gasteiger partial charge is 0.242 e. The van der Waals surface area contributed by atoms with Crippen molar-refractivity contribution in [2.45, 2.75) is 38.3 Å². The second-order valence-electron chi connectivity index (χ2n) is 4.06. The van der Waals surface area contributed by atoms with Crippen LogP contribution in [0.2, 0.25) is 0 Å². The van der Waals surface area contributed by atoms with Gasteiger partial charge in [0.1, 0.15) is 0 Å². The lowest BCUT2D eigenvalue weighted by atomic mass is 9.81. The highest BCUT2D eigenvalue weighted by Gasteiger charge is 2.31. The van der Waals surface area contributed by atoms with Gasteiger partial charge < -0.3 is 19.7 Å². The van der Waals surface area contributed by atoms with Crippen LogP contribution in [0.4, 0.5) is 0 Å². The van der Waals surface area contributed by atoms with Crippen molar-refractivity contribution >= 4 is 0 Å². The molecule has 1 fully saturated rings. The Morgan fingerprint density at radius 2 is 1.38 bits per heavy atom. The topological polar surface area (TPSA) is 58.9 Å². The predicted molar refractivity (Wildman–Crippen MR) is 60.0 cm³/mol. The fourth-order valence-corrected chi connectivity index (χ4v) is 2.16. The number of aliphatic hydroxyl groups excluding tert-OH is 1. The maximum Gasteiger partial charge on any atom is 0.242 e. The van der Waals surface area contributed by atoms with Gasteiger partial charge in [0.2, 0.25) is 6.29 Å². The van der Waals surface area contributed by atoms with Crippen molar-refractivity contribution in [1.29, 1.82) is 0 Å². The maximum absolute atomic E-state index is 9.07. The lowest BCUT2D eigenvalue weighted by molar-refractivity contribution is -0.132. The van der Waals surface area contributed by atoms with E-state index in [-0.39, 0.29) is 18.1 Å². The molecule has 0 aromatic carbocycles. The normalized spacial score (nSPS) is 25.5. The summed E-state index contributed by atoms with van der Waals surface area (Å²) in [6.07, 6.45) is 4.43. The van der Waals surface area contributed by atoms with Crippen molar-refractivity contribution in [1.82, 2.24) is 0 Å². The van der Waals surface area contributed by atoms with E-state index in [9.17, 15) is 0 Å². The summed E-state index contributed by atoms with van der Waals surface area (Å²) in [6, 6.07) is 0. The van der Waals surface area contributed by atoms with Gasteiger partial charge in [0.15, 0.2) is 6.29 Å². The molecule has 0 amide bonds. The zero-order valence-corrected chi connectivity index (χ0v) is 9.42. The number of hydrogen-bond donors (Lipinski definition) is 2. The van der Waals surface area contributed by atoms with Gasteiger partial charge in [-0.15, -0.1) is 0 Å². The largest absolute Gasteiger partial charge is 0.463 e. The van der Waals surface area contributed by atoms with E-state index in [1.54, 1.807) is 0 Å². The molecule has 16 heavy (non-hydrogen) atoms. The molecule has 4 nitrogen and oxygen atoms in total. The Hall–Kier alpha value is -1.00. The van der Waals surface area contributed by atoms with Crippen molar-refractivity contribution < 1.29 is 19.7 Å². The summed E-state index contributed by atoms with van der Waals surface area (Å²) in [7, 11) is 0. The van der Waals surface area contributed by atoms with Crippen LogP contribution in [-0.2, 0) is 9.47 Å². The SMILES string of the molecule is C=COC(OC=C)C1CCC(C(O)O)CC1. The van der Waals surface area contributed by atoms with Crippen molar-refractivity contribution in [2.24, 2.45) is 11.8 Å². The van der Waals surface area contributed by atoms with Gasteiger partial charge in [-0.05, 0) is 25.7 Å². The van der Waals surface area contributed by atoms with Crippen molar-refractivity contribution in [2.75, 3.05) is 0 Å². The molecule has 1 aliphatic carbocycles. The molecular weight excluding hydrogens is 208 g/mol. The Labute approximate surface area is 96.2 Å². The lowest BCUT2D eigenvalue weighted by Crippen LogP contribution is -2.31. The highest BCUT2D eigenvalue weighted by molar-refractivity contribution is 4.77. The molecule has 0 heterocycles. The van der Waals surface area contributed by atoms with Crippen LogP contribution in [0.1, 0.15) is 25.7 Å². The molecule has 0 saturated heterocycles. The van der Waals surface area contributed by atoms with Crippen LogP contribution in [0.5, 0.6) is 0 Å². The lowest BCUT2D eigenvalue weighted by Gasteiger charge is -2.32. The molecule has 1 aliphatic rings. The van der Waals surface area contributed by atoms with Gasteiger partial charge in [-0.2, -0.15) is 0 Å². The molecule has 1 saturated carbocycles. The molecule has 0 radical (unpaired) electrons. The number of ether oxygens (including phenoxy) is 2. The third kappa shape index (κ3) is 3.54. The second-order valence-corrected chi connectivity index (χ2v) is 4.06. The van der Waals surface area contributed by atoms with Gasteiger partial charge >= 0.3 is 0 Å². The first-order valence-electron chi connectivity index (χ1n) is 5.58. The summed E-state index contributed by atoms with van der Waals surface area (Å²) in [4.78, 5) is 0. The van der Waals surface area contributed by atoms with Gasteiger partial charge in [-0.25, -0.2) is 0 Å². The number of rotatable bonds is 6. The minimum Gasteiger partial charge on any atom is -0.463 e. The van der Waals surface area contributed by atoms with Crippen molar-refractivity contribution in [3.05, 3.63) is 25.7 Å². The summed E-state index contributed by atoms with van der Waals surface area (Å²) in [5.74, 6) is 0.232. The first-order valence-corrected chi connectivity index (χ1v) is 5.58. The second kappa shape index (κ2) is 6.55. The van der Waals surface area contributed by atoms with Crippen LogP contribution >= 0.6 is 0 Å². The molecule has 1 rings (SSSR count). The summed E-state index contributed by atoms with van der Waals surface area (Å²) >= 11 is 0. The molecule has 4 heteroatoms. The third-order valence-corrected chi connectivity index (χ3v) is 3.08. The van der Waals surface area contributed by atoms with Crippen LogP contribution in [0.25, 0.3) is 0 Å². The molecule has 0 aromatic rings. The molecule has 0 aromatic heterocycles. The van der Waals surface area contributed by atoms with E-state index < -0.39 is 6.29 Å². The van der Waals surface area contributed by atoms with Crippen molar-refractivity contribution in [3.8, 4) is 0 Å². The van der Waals surface area contributed by atoms with Gasteiger partial charge in [0.25, 0.3) is 0 Å². The van der Waals surface area contributed by atoms with E-state index in [1.807, 2.05) is 0 Å². The zero-order valence-electron chi connectivity index (χ0n) is 9.42. The Kier molecular flexibility index (Phi) is 5.35. The van der Waals surface area contributed by atoms with Crippen molar-refractivity contribution in [3.63, 3.8) is 0 Å². The standard InChI is InChI=1S/C12H20O4/c1-3-15-12(16-4-2)10-7-5-9(6-8-10)11(13)14/h3-4,9-14H,1-2,5-8H2. The van der Waals surface area contributed by atoms with E-state index in [0.717, 1.165) is 25.7 Å². The molecule has 92 valence electrons. The molecule has 2 N–H and O–H groups in total. The monoisotopic (exact) mass is 228 g/mol. The Balaban J connectivity index is 2.43. The molecule has 0 bridgehead atoms. The predicted octanol–water partition coefficient (Wildman–Crippen LogP) is 1.75. The van der Waals surface area contributed by atoms with E-state index in [2.05, 4.69) is 13.2 Å². The highest BCUT2D eigenvalue weighted by Crippen LogP contribution is 2.33. The fourth-order valence-electron chi connectivity index (χ4n) is 2.16. The van der Waals surface area contributed by atoms with Gasteiger partial charge in [-0.1, -0.05) is 13.2 Å². The summed E-state index contributed by atoms with van der Waals surface area (Å²) < 4.78 is 10.5. The summed E-state index contributed by atoms with van der Waals surface area (Å²) in [6.45, 7) is 7.01. The van der Waals surface area contributed by atoms with Crippen LogP contribution in [0.15, 0.2) is 25.7 Å². The fraction of sp³-hybridized carbons (Fsp3) is 0.667. The van der Waals surface area contributed by atoms with Crippen LogP contribution in [-0.4, -0.2) is 22.8 Å². The summed E-state index contributed by atoms with van der Waals surface area (Å²) in [5, 5.41) is 18.1. The van der Waals surface area contributed by atoms with Crippen LogP contribution in [0, 0.1) is 11.8 Å². The molecule has 0 unspecified atom stereocenters. The van der Waals surface area contributed by atoms with Gasteiger partial charge in [0.05, 0.1) is 12.5 Å². The van der Waals surface area contributed by atoms with E-state index in [0.29, 0.717) is 0 Å². The van der Waals surface area contributed by atoms with Crippen LogP contribution < -0.4 is 0 Å². The summed E-state index contributed by atoms with van der Waals surface area (Å²) in [5.41, 5.74) is 0. The zero-order chi connectivity index (χ0) is 12.0. The number of aliphatic hydroxyl groups is 2. The van der Waals surface area contributed by atoms with E-state index in [1.165, 1.54) is 12.5 Å². The van der Waals surface area contributed by atoms with Crippen LogP contribution in [0.3, 0.4) is 0 Å². The first-order chi connectivity index (χ1) is 7.69. The first kappa shape index (κ1) is 13.1. The molecule has 0 spiro atoms. The Bertz CT molecular complexity index is 209. The average Bonchev–Trinajstić information content (AvgIpc) is 2.29. The molecular formula is C12H20O4. The quantitative estimate of drug-likeness (QED) is 0.537. The third-order valence-electron chi connectivity index (χ3n) is 3.08. The molecule has 0 atom stereocenters. The minimum absolute atomic E-state index is 0.0237. The van der Waals surface area contributed by atoms with Gasteiger partial charge in [0, 0.05) is 11.8 Å². The van der Waals surface area contributed by atoms with E-state index in [4.69, 9.17) is 19.7 Å². The molecule has 0 aliphatic heterocycles. The maximum atomic E-state index is 9.07. The Morgan fingerprint density at radius 1 is 0.938 bits per heavy atom. The number of hydrogen-bond acceptors (Lipinski definition) is 4. The minimum atomic E-state index is -1.21.